The van der Waals surface area contributed by atoms with Gasteiger partial charge in [0.1, 0.15) is 5.75 Å². The molecule has 1 aromatic carbocycles. The quantitative estimate of drug-likeness (QED) is 0.525. The van der Waals surface area contributed by atoms with Crippen molar-refractivity contribution < 1.29 is 19.1 Å². The van der Waals surface area contributed by atoms with E-state index in [9.17, 15) is 9.59 Å². The van der Waals surface area contributed by atoms with Crippen LogP contribution in [0.25, 0.3) is 0 Å². The van der Waals surface area contributed by atoms with Crippen LogP contribution in [-0.2, 0) is 22.5 Å². The predicted octanol–water partition coefficient (Wildman–Crippen LogP) is 3.74. The number of Topliss-reactive ketones (excluding diaryl/α,β-unsaturated/α-hetero) is 1. The lowest BCUT2D eigenvalue weighted by molar-refractivity contribution is -0.144. The summed E-state index contributed by atoms with van der Waals surface area (Å²) in [5.41, 5.74) is 3.80. The summed E-state index contributed by atoms with van der Waals surface area (Å²) in [5.74, 6) is 0.824. The second-order valence-corrected chi connectivity index (χ2v) is 7.38. The average Bonchev–Trinajstić information content (AvgIpc) is 3.33. The molecule has 0 radical (unpaired) electrons. The Kier molecular flexibility index (Phi) is 5.68. The zero-order valence-corrected chi connectivity index (χ0v) is 16.5. The number of hydrogen-bond donors (Lipinski definition) is 0. The summed E-state index contributed by atoms with van der Waals surface area (Å²) in [6.45, 7) is 6.57. The lowest BCUT2D eigenvalue weighted by Gasteiger charge is -2.10. The van der Waals surface area contributed by atoms with E-state index in [0.29, 0.717) is 11.5 Å². The minimum absolute atomic E-state index is 0.0188. The van der Waals surface area contributed by atoms with E-state index < -0.39 is 0 Å². The first-order valence-electron chi connectivity index (χ1n) is 9.40. The Balaban J connectivity index is 1.61. The number of aromatic nitrogens is 1. The molecular weight excluding hydrogens is 342 g/mol. The number of carbonyl (C=O) groups excluding carboxylic acids is 2. The number of aryl methyl sites for hydroxylation is 2. The van der Waals surface area contributed by atoms with Crippen molar-refractivity contribution in [2.75, 3.05) is 13.7 Å². The smallest absolute Gasteiger partial charge is 0.309 e. The molecule has 144 valence electrons. The van der Waals surface area contributed by atoms with Gasteiger partial charge >= 0.3 is 5.97 Å². The molecule has 1 aliphatic rings. The molecule has 1 aromatic heterocycles. The van der Waals surface area contributed by atoms with Gasteiger partial charge in [-0.05, 0) is 56.4 Å². The number of benzene rings is 1. The van der Waals surface area contributed by atoms with Crippen molar-refractivity contribution in [3.05, 3.63) is 52.8 Å². The molecule has 5 nitrogen and oxygen atoms in total. The van der Waals surface area contributed by atoms with E-state index >= 15 is 0 Å². The third-order valence-electron chi connectivity index (χ3n) is 5.41. The normalized spacial score (nSPS) is 18.2. The van der Waals surface area contributed by atoms with E-state index in [1.165, 1.54) is 5.56 Å². The van der Waals surface area contributed by atoms with Crippen LogP contribution in [0.4, 0.5) is 0 Å². The summed E-state index contributed by atoms with van der Waals surface area (Å²) < 4.78 is 12.5. The van der Waals surface area contributed by atoms with Gasteiger partial charge < -0.3 is 14.0 Å². The highest BCUT2D eigenvalue weighted by atomic mass is 16.5. The van der Waals surface area contributed by atoms with Crippen LogP contribution in [0.15, 0.2) is 30.3 Å². The SMILES string of the molecule is COc1ccc(CCn2c(C)cc(C(=O)COC(=O)[C@H]3C[C@@H]3C)c2C)cc1. The molecule has 0 spiro atoms. The fourth-order valence-corrected chi connectivity index (χ4v) is 3.43. The molecule has 0 saturated heterocycles. The first kappa shape index (κ1) is 19.2. The molecule has 0 amide bonds. The Morgan fingerprint density at radius 3 is 2.44 bits per heavy atom. The van der Waals surface area contributed by atoms with Gasteiger partial charge in [-0.15, -0.1) is 0 Å². The summed E-state index contributed by atoms with van der Waals surface area (Å²) in [5, 5.41) is 0. The van der Waals surface area contributed by atoms with Crippen LogP contribution < -0.4 is 4.74 Å². The Morgan fingerprint density at radius 1 is 1.19 bits per heavy atom. The summed E-state index contributed by atoms with van der Waals surface area (Å²) in [7, 11) is 1.66. The number of carbonyl (C=O) groups is 2. The fourth-order valence-electron chi connectivity index (χ4n) is 3.43. The monoisotopic (exact) mass is 369 g/mol. The topological polar surface area (TPSA) is 57.5 Å². The van der Waals surface area contributed by atoms with Crippen LogP contribution in [0.2, 0.25) is 0 Å². The molecule has 0 bridgehead atoms. The molecule has 1 aliphatic carbocycles. The zero-order chi connectivity index (χ0) is 19.6. The molecule has 5 heteroatoms. The van der Waals surface area contributed by atoms with Crippen LogP contribution in [0.3, 0.4) is 0 Å². The van der Waals surface area contributed by atoms with Crippen molar-refractivity contribution in [2.45, 2.75) is 40.2 Å². The molecule has 0 unspecified atom stereocenters. The summed E-state index contributed by atoms with van der Waals surface area (Å²) in [4.78, 5) is 24.3. The third-order valence-corrected chi connectivity index (χ3v) is 5.41. The van der Waals surface area contributed by atoms with Gasteiger partial charge in [-0.3, -0.25) is 9.59 Å². The van der Waals surface area contributed by atoms with Gasteiger partial charge in [-0.1, -0.05) is 19.1 Å². The molecule has 0 N–H and O–H groups in total. The van der Waals surface area contributed by atoms with Crippen LogP contribution in [0.5, 0.6) is 5.75 Å². The molecule has 1 fully saturated rings. The van der Waals surface area contributed by atoms with E-state index in [1.54, 1.807) is 7.11 Å². The van der Waals surface area contributed by atoms with Crippen LogP contribution in [-0.4, -0.2) is 30.0 Å². The van der Waals surface area contributed by atoms with Gasteiger partial charge in [-0.2, -0.15) is 0 Å². The molecule has 2 atom stereocenters. The summed E-state index contributed by atoms with van der Waals surface area (Å²) >= 11 is 0. The molecule has 0 aliphatic heterocycles. The average molecular weight is 369 g/mol. The molecule has 1 saturated carbocycles. The van der Waals surface area contributed by atoms with E-state index in [1.807, 2.05) is 39.0 Å². The maximum Gasteiger partial charge on any atom is 0.309 e. The third kappa shape index (κ3) is 4.41. The largest absolute Gasteiger partial charge is 0.497 e. The number of esters is 1. The minimum atomic E-state index is -0.246. The Morgan fingerprint density at radius 2 is 1.85 bits per heavy atom. The Labute approximate surface area is 160 Å². The van der Waals surface area contributed by atoms with Crippen LogP contribution >= 0.6 is 0 Å². The first-order chi connectivity index (χ1) is 12.9. The predicted molar refractivity (Wildman–Crippen MR) is 103 cm³/mol. The Bertz CT molecular complexity index is 835. The van der Waals surface area contributed by atoms with E-state index in [-0.39, 0.29) is 24.3 Å². The standard InChI is InChI=1S/C22H27NO4/c1-14-11-19(14)22(25)27-13-21(24)20-12-15(2)23(16(20)3)10-9-17-5-7-18(26-4)8-6-17/h5-8,12,14,19H,9-11,13H2,1-4H3/t14-,19-/m0/s1. The number of ether oxygens (including phenoxy) is 2. The fraction of sp³-hybridized carbons (Fsp3) is 0.455. The van der Waals surface area contributed by atoms with Crippen molar-refractivity contribution in [2.24, 2.45) is 11.8 Å². The minimum Gasteiger partial charge on any atom is -0.497 e. The van der Waals surface area contributed by atoms with Crippen LogP contribution in [0, 0.1) is 25.7 Å². The summed E-state index contributed by atoms with van der Waals surface area (Å²) in [6.07, 6.45) is 1.73. The second-order valence-electron chi connectivity index (χ2n) is 7.38. The van der Waals surface area contributed by atoms with Gasteiger partial charge in [0.05, 0.1) is 13.0 Å². The van der Waals surface area contributed by atoms with Crippen molar-refractivity contribution >= 4 is 11.8 Å². The number of rotatable bonds is 8. The maximum atomic E-state index is 12.5. The van der Waals surface area contributed by atoms with Gasteiger partial charge in [-0.25, -0.2) is 0 Å². The van der Waals surface area contributed by atoms with Crippen molar-refractivity contribution in [1.82, 2.24) is 4.57 Å². The maximum absolute atomic E-state index is 12.5. The van der Waals surface area contributed by atoms with Crippen molar-refractivity contribution in [1.29, 1.82) is 0 Å². The van der Waals surface area contributed by atoms with Crippen LogP contribution in [0.1, 0.15) is 40.7 Å². The first-order valence-corrected chi connectivity index (χ1v) is 9.40. The molecule has 1 heterocycles. The second kappa shape index (κ2) is 7.99. The van der Waals surface area contributed by atoms with Gasteiger partial charge in [0.25, 0.3) is 0 Å². The lowest BCUT2D eigenvalue weighted by Crippen LogP contribution is -2.16. The van der Waals surface area contributed by atoms with Crippen molar-refractivity contribution in [3.63, 3.8) is 0 Å². The summed E-state index contributed by atoms with van der Waals surface area (Å²) in [6, 6.07) is 9.90. The number of methoxy groups -OCH3 is 1. The van der Waals surface area contributed by atoms with Gasteiger partial charge in [0, 0.05) is 23.5 Å². The lowest BCUT2D eigenvalue weighted by atomic mass is 10.1. The number of ketones is 1. The van der Waals surface area contributed by atoms with Gasteiger partial charge in [0.2, 0.25) is 5.78 Å². The highest BCUT2D eigenvalue weighted by molar-refractivity contribution is 5.99. The number of nitrogens with zero attached hydrogens (tertiary/aromatic N) is 1. The zero-order valence-electron chi connectivity index (χ0n) is 16.5. The van der Waals surface area contributed by atoms with E-state index in [2.05, 4.69) is 16.7 Å². The van der Waals surface area contributed by atoms with E-state index in [0.717, 1.165) is 36.5 Å². The molecule has 27 heavy (non-hydrogen) atoms. The van der Waals surface area contributed by atoms with E-state index in [4.69, 9.17) is 9.47 Å². The highest BCUT2D eigenvalue weighted by Gasteiger charge is 2.40. The highest BCUT2D eigenvalue weighted by Crippen LogP contribution is 2.38. The molecular formula is C22H27NO4. The number of hydrogen-bond acceptors (Lipinski definition) is 4. The van der Waals surface area contributed by atoms with Gasteiger partial charge in [0.15, 0.2) is 6.61 Å². The molecule has 2 aromatic rings. The molecule has 3 rings (SSSR count). The Hall–Kier alpha value is -2.56. The van der Waals surface area contributed by atoms with Crippen molar-refractivity contribution in [3.8, 4) is 5.75 Å².